The average molecular weight is 170 g/mol. The third-order valence-corrected chi connectivity index (χ3v) is 2.31. The van der Waals surface area contributed by atoms with E-state index >= 15 is 0 Å². The number of carboxylic acid groups (broad SMARTS) is 1. The second-order valence-electron chi connectivity index (χ2n) is 3.25. The number of ketones is 2. The van der Waals surface area contributed by atoms with E-state index in [0.29, 0.717) is 0 Å². The summed E-state index contributed by atoms with van der Waals surface area (Å²) < 4.78 is 0. The zero-order chi connectivity index (χ0) is 9.35. The summed E-state index contributed by atoms with van der Waals surface area (Å²) >= 11 is 0. The first-order valence-corrected chi connectivity index (χ1v) is 3.75. The topological polar surface area (TPSA) is 71.4 Å². The van der Waals surface area contributed by atoms with Crippen LogP contribution in [0.15, 0.2) is 0 Å². The Morgan fingerprint density at radius 2 is 1.83 bits per heavy atom. The molecule has 0 unspecified atom stereocenters. The van der Waals surface area contributed by atoms with E-state index in [4.69, 9.17) is 5.11 Å². The Kier molecular flexibility index (Phi) is 2.00. The van der Waals surface area contributed by atoms with Crippen molar-refractivity contribution in [3.63, 3.8) is 0 Å². The standard InChI is InChI=1S/C8H10O4/c1-8(4-7(11)12)5(9)2-3-6(8)10/h2-4H2,1H3,(H,11,12). The normalized spacial score (nSPS) is 21.4. The van der Waals surface area contributed by atoms with Gasteiger partial charge in [0.1, 0.15) is 11.6 Å². The largest absolute Gasteiger partial charge is 0.481 e. The van der Waals surface area contributed by atoms with Crippen molar-refractivity contribution >= 4 is 17.5 Å². The molecule has 0 atom stereocenters. The summed E-state index contributed by atoms with van der Waals surface area (Å²) in [5.41, 5.74) is -1.24. The molecule has 1 saturated carbocycles. The smallest absolute Gasteiger partial charge is 0.304 e. The van der Waals surface area contributed by atoms with E-state index in [1.807, 2.05) is 0 Å². The lowest BCUT2D eigenvalue weighted by atomic mass is 9.83. The lowest BCUT2D eigenvalue weighted by Crippen LogP contribution is -2.31. The van der Waals surface area contributed by atoms with Gasteiger partial charge in [0.2, 0.25) is 0 Å². The van der Waals surface area contributed by atoms with Crippen molar-refractivity contribution in [1.29, 1.82) is 0 Å². The number of carbonyl (C=O) groups excluding carboxylic acids is 2. The zero-order valence-corrected chi connectivity index (χ0v) is 6.79. The van der Waals surface area contributed by atoms with Crippen molar-refractivity contribution in [3.8, 4) is 0 Å². The Morgan fingerprint density at radius 3 is 2.17 bits per heavy atom. The molecule has 0 aliphatic heterocycles. The van der Waals surface area contributed by atoms with Crippen molar-refractivity contribution in [3.05, 3.63) is 0 Å². The molecule has 0 heterocycles. The van der Waals surface area contributed by atoms with E-state index in [9.17, 15) is 14.4 Å². The van der Waals surface area contributed by atoms with Crippen molar-refractivity contribution in [2.24, 2.45) is 5.41 Å². The molecule has 0 amide bonds. The number of carbonyl (C=O) groups is 3. The van der Waals surface area contributed by atoms with Gasteiger partial charge in [-0.25, -0.2) is 0 Å². The van der Waals surface area contributed by atoms with Gasteiger partial charge in [0.15, 0.2) is 0 Å². The summed E-state index contributed by atoms with van der Waals surface area (Å²) in [6.07, 6.45) is 0.0237. The van der Waals surface area contributed by atoms with E-state index < -0.39 is 11.4 Å². The zero-order valence-electron chi connectivity index (χ0n) is 6.79. The summed E-state index contributed by atoms with van der Waals surface area (Å²) in [5, 5.41) is 8.47. The summed E-state index contributed by atoms with van der Waals surface area (Å²) in [4.78, 5) is 32.7. The first kappa shape index (κ1) is 8.90. The number of rotatable bonds is 2. The maximum atomic E-state index is 11.2. The van der Waals surface area contributed by atoms with Crippen LogP contribution in [0.5, 0.6) is 0 Å². The van der Waals surface area contributed by atoms with Crippen molar-refractivity contribution < 1.29 is 19.5 Å². The first-order chi connectivity index (χ1) is 5.47. The average Bonchev–Trinajstić information content (AvgIpc) is 2.16. The number of hydrogen-bond donors (Lipinski definition) is 1. The van der Waals surface area contributed by atoms with Crippen LogP contribution in [-0.4, -0.2) is 22.6 Å². The highest BCUT2D eigenvalue weighted by Crippen LogP contribution is 2.33. The molecule has 1 fully saturated rings. The van der Waals surface area contributed by atoms with E-state index in [0.717, 1.165) is 0 Å². The minimum atomic E-state index is -1.24. The molecular weight excluding hydrogens is 160 g/mol. The molecule has 4 heteroatoms. The molecule has 0 aromatic carbocycles. The van der Waals surface area contributed by atoms with Crippen LogP contribution in [0.1, 0.15) is 26.2 Å². The molecule has 1 N–H and O–H groups in total. The molecule has 0 radical (unpaired) electrons. The first-order valence-electron chi connectivity index (χ1n) is 3.75. The van der Waals surface area contributed by atoms with Crippen molar-refractivity contribution in [2.75, 3.05) is 0 Å². The predicted octanol–water partition coefficient (Wildman–Crippen LogP) is 0.399. The van der Waals surface area contributed by atoms with Crippen LogP contribution in [-0.2, 0) is 14.4 Å². The van der Waals surface area contributed by atoms with E-state index in [2.05, 4.69) is 0 Å². The van der Waals surface area contributed by atoms with Crippen molar-refractivity contribution in [2.45, 2.75) is 26.2 Å². The van der Waals surface area contributed by atoms with Gasteiger partial charge in [0.05, 0.1) is 11.8 Å². The fraction of sp³-hybridized carbons (Fsp3) is 0.625. The number of aliphatic carboxylic acids is 1. The molecule has 0 aromatic heterocycles. The molecule has 1 aliphatic carbocycles. The van der Waals surface area contributed by atoms with Gasteiger partial charge >= 0.3 is 5.97 Å². The highest BCUT2D eigenvalue weighted by Gasteiger charge is 2.46. The molecule has 1 rings (SSSR count). The van der Waals surface area contributed by atoms with E-state index in [1.54, 1.807) is 0 Å². The number of Topliss-reactive ketones (excluding diaryl/α,β-unsaturated/α-hetero) is 2. The summed E-state index contributed by atoms with van der Waals surface area (Å²) in [6, 6.07) is 0. The predicted molar refractivity (Wildman–Crippen MR) is 39.6 cm³/mol. The monoisotopic (exact) mass is 170 g/mol. The van der Waals surface area contributed by atoms with Crippen LogP contribution in [0.4, 0.5) is 0 Å². The molecule has 12 heavy (non-hydrogen) atoms. The van der Waals surface area contributed by atoms with Crippen LogP contribution in [0.25, 0.3) is 0 Å². The highest BCUT2D eigenvalue weighted by molar-refractivity contribution is 6.14. The number of carboxylic acids is 1. The Labute approximate surface area is 69.6 Å². The van der Waals surface area contributed by atoms with Crippen molar-refractivity contribution in [1.82, 2.24) is 0 Å². The molecule has 66 valence electrons. The quantitative estimate of drug-likeness (QED) is 0.609. The molecule has 1 aliphatic rings. The summed E-state index contributed by atoms with van der Waals surface area (Å²) in [7, 11) is 0. The molecule has 0 bridgehead atoms. The summed E-state index contributed by atoms with van der Waals surface area (Å²) in [6.45, 7) is 1.42. The van der Waals surface area contributed by atoms with E-state index in [-0.39, 0.29) is 30.8 Å². The maximum Gasteiger partial charge on any atom is 0.304 e. The van der Waals surface area contributed by atoms with E-state index in [1.165, 1.54) is 6.92 Å². The third kappa shape index (κ3) is 1.24. The lowest BCUT2D eigenvalue weighted by molar-refractivity contribution is -0.146. The minimum Gasteiger partial charge on any atom is -0.481 e. The van der Waals surface area contributed by atoms with Crippen LogP contribution in [0, 0.1) is 5.41 Å². The van der Waals surface area contributed by atoms with Crippen LogP contribution in [0.2, 0.25) is 0 Å². The van der Waals surface area contributed by atoms with Gasteiger partial charge in [-0.3, -0.25) is 14.4 Å². The SMILES string of the molecule is CC1(CC(=O)O)C(=O)CCC1=O. The van der Waals surface area contributed by atoms with Gasteiger partial charge in [-0.05, 0) is 6.92 Å². The summed E-state index contributed by atoms with van der Waals surface area (Å²) in [5.74, 6) is -1.58. The second kappa shape index (κ2) is 2.69. The Morgan fingerprint density at radius 1 is 1.42 bits per heavy atom. The minimum absolute atomic E-state index is 0.197. The Balaban J connectivity index is 2.87. The van der Waals surface area contributed by atoms with Gasteiger partial charge in [-0.1, -0.05) is 0 Å². The molecule has 0 saturated heterocycles. The molecule has 0 aromatic rings. The van der Waals surface area contributed by atoms with Gasteiger partial charge in [-0.2, -0.15) is 0 Å². The second-order valence-corrected chi connectivity index (χ2v) is 3.25. The third-order valence-electron chi connectivity index (χ3n) is 2.31. The fourth-order valence-electron chi connectivity index (χ4n) is 1.43. The van der Waals surface area contributed by atoms with Gasteiger partial charge in [-0.15, -0.1) is 0 Å². The maximum absolute atomic E-state index is 11.2. The molecular formula is C8H10O4. The Hall–Kier alpha value is -1.19. The van der Waals surface area contributed by atoms with Gasteiger partial charge in [0.25, 0.3) is 0 Å². The number of hydrogen-bond acceptors (Lipinski definition) is 3. The van der Waals surface area contributed by atoms with Crippen LogP contribution in [0.3, 0.4) is 0 Å². The van der Waals surface area contributed by atoms with Crippen LogP contribution >= 0.6 is 0 Å². The fourth-order valence-corrected chi connectivity index (χ4v) is 1.43. The van der Waals surface area contributed by atoms with Gasteiger partial charge < -0.3 is 5.11 Å². The lowest BCUT2D eigenvalue weighted by Gasteiger charge is -2.16. The molecule has 0 spiro atoms. The Bertz CT molecular complexity index is 238. The van der Waals surface area contributed by atoms with Crippen LogP contribution < -0.4 is 0 Å². The highest BCUT2D eigenvalue weighted by atomic mass is 16.4. The van der Waals surface area contributed by atoms with Gasteiger partial charge in [0, 0.05) is 12.8 Å². The molecule has 4 nitrogen and oxygen atoms in total.